The van der Waals surface area contributed by atoms with Gasteiger partial charge in [0.25, 0.3) is 0 Å². The zero-order valence-corrected chi connectivity index (χ0v) is 14.8. The van der Waals surface area contributed by atoms with Crippen LogP contribution in [0.3, 0.4) is 0 Å². The van der Waals surface area contributed by atoms with E-state index in [1.54, 1.807) is 7.11 Å². The first-order valence-corrected chi connectivity index (χ1v) is 8.45. The summed E-state index contributed by atoms with van der Waals surface area (Å²) in [6.45, 7) is 3.14. The van der Waals surface area contributed by atoms with E-state index < -0.39 is 0 Å². The average Bonchev–Trinajstić information content (AvgIpc) is 3.25. The predicted molar refractivity (Wildman–Crippen MR) is 90.6 cm³/mol. The summed E-state index contributed by atoms with van der Waals surface area (Å²) in [5, 5.41) is 4.29. The normalized spacial score (nSPS) is 21.6. The Hall–Kier alpha value is -1.70. The maximum absolute atomic E-state index is 6.09. The first-order chi connectivity index (χ1) is 11.7. The summed E-state index contributed by atoms with van der Waals surface area (Å²) < 4.78 is 15.2. The molecule has 0 aliphatic carbocycles. The highest BCUT2D eigenvalue weighted by molar-refractivity contribution is 5.09. The zero-order valence-electron chi connectivity index (χ0n) is 14.8. The molecule has 2 aromatic heterocycles. The van der Waals surface area contributed by atoms with Gasteiger partial charge in [-0.2, -0.15) is 5.10 Å². The van der Waals surface area contributed by atoms with Crippen molar-refractivity contribution in [3.8, 4) is 0 Å². The molecular weight excluding hydrogens is 306 g/mol. The van der Waals surface area contributed by atoms with Gasteiger partial charge in [0.1, 0.15) is 5.82 Å². The molecule has 0 bridgehead atoms. The van der Waals surface area contributed by atoms with Crippen molar-refractivity contribution >= 4 is 0 Å². The van der Waals surface area contributed by atoms with E-state index in [0.29, 0.717) is 19.3 Å². The Morgan fingerprint density at radius 2 is 2.17 bits per heavy atom. The molecule has 1 aliphatic heterocycles. The van der Waals surface area contributed by atoms with Gasteiger partial charge < -0.3 is 14.0 Å². The van der Waals surface area contributed by atoms with Crippen LogP contribution in [0.25, 0.3) is 0 Å². The van der Waals surface area contributed by atoms with E-state index in [1.165, 1.54) is 5.56 Å². The third-order valence-electron chi connectivity index (χ3n) is 4.69. The maximum Gasteiger partial charge on any atom is 0.122 e. The minimum Gasteiger partial charge on any atom is -0.382 e. The fraction of sp³-hybridized carbons (Fsp3) is 0.647. The second-order valence-electron chi connectivity index (χ2n) is 6.41. The molecule has 2 aromatic rings. The van der Waals surface area contributed by atoms with Gasteiger partial charge in [0, 0.05) is 52.4 Å². The van der Waals surface area contributed by atoms with Crippen LogP contribution in [0.15, 0.2) is 24.8 Å². The quantitative estimate of drug-likeness (QED) is 0.675. The van der Waals surface area contributed by atoms with Gasteiger partial charge in [-0.1, -0.05) is 0 Å². The molecule has 24 heavy (non-hydrogen) atoms. The van der Waals surface area contributed by atoms with Crippen LogP contribution in [0.4, 0.5) is 0 Å². The molecule has 0 spiro atoms. The van der Waals surface area contributed by atoms with Gasteiger partial charge in [0.2, 0.25) is 0 Å². The van der Waals surface area contributed by atoms with Crippen molar-refractivity contribution in [2.45, 2.75) is 31.5 Å². The second-order valence-corrected chi connectivity index (χ2v) is 6.41. The van der Waals surface area contributed by atoms with Gasteiger partial charge in [-0.15, -0.1) is 0 Å². The number of nitrogens with zero attached hydrogens (tertiary/aromatic N) is 5. The number of ether oxygens (including phenoxy) is 2. The zero-order chi connectivity index (χ0) is 16.9. The van der Waals surface area contributed by atoms with Crippen molar-refractivity contribution in [2.24, 2.45) is 14.1 Å². The van der Waals surface area contributed by atoms with Crippen LogP contribution in [0, 0.1) is 0 Å². The molecule has 1 fully saturated rings. The highest BCUT2D eigenvalue weighted by Crippen LogP contribution is 2.26. The lowest BCUT2D eigenvalue weighted by atomic mass is 10.0. The number of hydrogen-bond donors (Lipinski definition) is 0. The Bertz CT molecular complexity index is 638. The number of likely N-dealkylation sites (tertiary alicyclic amines) is 1. The van der Waals surface area contributed by atoms with Crippen molar-refractivity contribution in [3.63, 3.8) is 0 Å². The standard InChI is InChI=1S/C17H27N5O2/c1-20-7-5-18-17(20)13-22-6-4-16(24-9-8-23-3)15(22)10-14-11-19-21(2)12-14/h5,7,11-12,15-16H,4,6,8-10,13H2,1-3H3/t15-,16+/m0/s1. The van der Waals surface area contributed by atoms with Crippen molar-refractivity contribution in [1.82, 2.24) is 24.2 Å². The van der Waals surface area contributed by atoms with Crippen molar-refractivity contribution in [1.29, 1.82) is 0 Å². The molecule has 3 rings (SSSR count). The topological polar surface area (TPSA) is 57.3 Å². The third-order valence-corrected chi connectivity index (χ3v) is 4.69. The summed E-state index contributed by atoms with van der Waals surface area (Å²) in [4.78, 5) is 6.95. The largest absolute Gasteiger partial charge is 0.382 e. The van der Waals surface area contributed by atoms with Crippen LogP contribution < -0.4 is 0 Å². The highest BCUT2D eigenvalue weighted by atomic mass is 16.5. The fourth-order valence-corrected chi connectivity index (χ4v) is 3.37. The minimum atomic E-state index is 0.223. The van der Waals surface area contributed by atoms with Crippen LogP contribution in [-0.4, -0.2) is 63.2 Å². The van der Waals surface area contributed by atoms with Crippen LogP contribution in [-0.2, 0) is 36.5 Å². The summed E-state index contributed by atoms with van der Waals surface area (Å²) in [5.74, 6) is 1.09. The SMILES string of the molecule is COCCO[C@@H]1CCN(Cc2nccn2C)[C@H]1Cc1cnn(C)c1. The van der Waals surface area contributed by atoms with Gasteiger partial charge in [0.15, 0.2) is 0 Å². The van der Waals surface area contributed by atoms with Crippen molar-refractivity contribution in [3.05, 3.63) is 36.2 Å². The second kappa shape index (κ2) is 7.92. The number of methoxy groups -OCH3 is 1. The molecular formula is C17H27N5O2. The summed E-state index contributed by atoms with van der Waals surface area (Å²) in [6, 6.07) is 0.336. The Labute approximate surface area is 143 Å². The van der Waals surface area contributed by atoms with Crippen molar-refractivity contribution < 1.29 is 9.47 Å². The van der Waals surface area contributed by atoms with Crippen LogP contribution in [0.5, 0.6) is 0 Å². The maximum atomic E-state index is 6.09. The minimum absolute atomic E-state index is 0.223. The van der Waals surface area contributed by atoms with E-state index in [1.807, 2.05) is 37.4 Å². The summed E-state index contributed by atoms with van der Waals surface area (Å²) in [7, 11) is 5.70. The molecule has 0 amide bonds. The Kier molecular flexibility index (Phi) is 5.65. The summed E-state index contributed by atoms with van der Waals surface area (Å²) in [6.07, 6.45) is 10.1. The number of aromatic nitrogens is 4. The van der Waals surface area contributed by atoms with E-state index in [2.05, 4.69) is 25.7 Å². The molecule has 7 nitrogen and oxygen atoms in total. The van der Waals surface area contributed by atoms with Gasteiger partial charge in [-0.3, -0.25) is 9.58 Å². The van der Waals surface area contributed by atoms with Crippen molar-refractivity contribution in [2.75, 3.05) is 26.9 Å². The summed E-state index contributed by atoms with van der Waals surface area (Å²) >= 11 is 0. The Balaban J connectivity index is 1.70. The van der Waals surface area contributed by atoms with E-state index in [9.17, 15) is 0 Å². The Morgan fingerprint density at radius 1 is 1.29 bits per heavy atom. The van der Waals surface area contributed by atoms with E-state index >= 15 is 0 Å². The smallest absolute Gasteiger partial charge is 0.122 e. The van der Waals surface area contributed by atoms with E-state index in [4.69, 9.17) is 9.47 Å². The molecule has 0 radical (unpaired) electrons. The molecule has 2 atom stereocenters. The van der Waals surface area contributed by atoms with Gasteiger partial charge in [0.05, 0.1) is 32.1 Å². The van der Waals surface area contributed by atoms with Gasteiger partial charge in [-0.05, 0) is 18.4 Å². The fourth-order valence-electron chi connectivity index (χ4n) is 3.37. The average molecular weight is 333 g/mol. The number of aryl methyl sites for hydroxylation is 2. The lowest BCUT2D eigenvalue weighted by Gasteiger charge is -2.27. The lowest BCUT2D eigenvalue weighted by Crippen LogP contribution is -2.38. The molecule has 0 saturated carbocycles. The molecule has 0 aromatic carbocycles. The highest BCUT2D eigenvalue weighted by Gasteiger charge is 2.35. The lowest BCUT2D eigenvalue weighted by molar-refractivity contribution is -0.00163. The first-order valence-electron chi connectivity index (χ1n) is 8.45. The van der Waals surface area contributed by atoms with Gasteiger partial charge in [-0.25, -0.2) is 4.98 Å². The molecule has 1 saturated heterocycles. The monoisotopic (exact) mass is 333 g/mol. The summed E-state index contributed by atoms with van der Waals surface area (Å²) in [5.41, 5.74) is 1.24. The third kappa shape index (κ3) is 4.03. The van der Waals surface area contributed by atoms with Gasteiger partial charge >= 0.3 is 0 Å². The van der Waals surface area contributed by atoms with Crippen LogP contribution >= 0.6 is 0 Å². The van der Waals surface area contributed by atoms with Crippen LogP contribution in [0.1, 0.15) is 17.8 Å². The molecule has 1 aliphatic rings. The first kappa shape index (κ1) is 17.1. The van der Waals surface area contributed by atoms with E-state index in [0.717, 1.165) is 31.8 Å². The number of hydrogen-bond acceptors (Lipinski definition) is 5. The number of imidazole rings is 1. The molecule has 0 N–H and O–H groups in total. The predicted octanol–water partition coefficient (Wildman–Crippen LogP) is 1.00. The molecule has 3 heterocycles. The Morgan fingerprint density at radius 3 is 2.83 bits per heavy atom. The van der Waals surface area contributed by atoms with E-state index in [-0.39, 0.29) is 6.10 Å². The molecule has 0 unspecified atom stereocenters. The van der Waals surface area contributed by atoms with Crippen LogP contribution in [0.2, 0.25) is 0 Å². The molecule has 132 valence electrons. The number of rotatable bonds is 8. The molecule has 7 heteroatoms.